The van der Waals surface area contributed by atoms with Crippen molar-refractivity contribution in [3.8, 4) is 0 Å². The van der Waals surface area contributed by atoms with Gasteiger partial charge in [0.15, 0.2) is 5.78 Å². The molecule has 0 aromatic rings. The van der Waals surface area contributed by atoms with E-state index in [1.54, 1.807) is 34.6 Å². The second-order valence-electron chi connectivity index (χ2n) is 6.45. The molecule has 1 aliphatic carbocycles. The molecule has 1 saturated carbocycles. The van der Waals surface area contributed by atoms with Gasteiger partial charge in [-0.3, -0.25) is 14.4 Å². The Kier molecular flexibility index (Phi) is 5.93. The van der Waals surface area contributed by atoms with Crippen molar-refractivity contribution >= 4 is 17.7 Å². The summed E-state index contributed by atoms with van der Waals surface area (Å²) in [5, 5.41) is 0. The van der Waals surface area contributed by atoms with E-state index in [1.165, 1.54) is 0 Å². The van der Waals surface area contributed by atoms with Crippen LogP contribution >= 0.6 is 0 Å². The molecular formula is C16H26O5. The average Bonchev–Trinajstić information content (AvgIpc) is 3.16. The van der Waals surface area contributed by atoms with Crippen LogP contribution in [0, 0.1) is 17.8 Å². The van der Waals surface area contributed by atoms with Gasteiger partial charge in [-0.05, 0) is 47.0 Å². The third-order valence-electron chi connectivity index (χ3n) is 3.38. The highest BCUT2D eigenvalue weighted by atomic mass is 16.6. The van der Waals surface area contributed by atoms with Crippen LogP contribution < -0.4 is 0 Å². The fraction of sp³-hybridized carbons (Fsp3) is 0.812. The first-order chi connectivity index (χ1) is 9.71. The molecule has 0 aliphatic heterocycles. The molecule has 21 heavy (non-hydrogen) atoms. The normalized spacial score (nSPS) is 17.8. The molecule has 5 nitrogen and oxygen atoms in total. The number of esters is 2. The molecule has 0 aromatic carbocycles. The highest BCUT2D eigenvalue weighted by Gasteiger charge is 2.46. The van der Waals surface area contributed by atoms with E-state index in [0.717, 1.165) is 12.8 Å². The van der Waals surface area contributed by atoms with Crippen LogP contribution in [0.25, 0.3) is 0 Å². The molecule has 0 aromatic heterocycles. The third-order valence-corrected chi connectivity index (χ3v) is 3.38. The summed E-state index contributed by atoms with van der Waals surface area (Å²) in [7, 11) is 0. The lowest BCUT2D eigenvalue weighted by molar-refractivity contribution is -0.170. The maximum Gasteiger partial charge on any atom is 0.317 e. The molecule has 0 spiro atoms. The number of rotatable bonds is 7. The molecule has 2 unspecified atom stereocenters. The predicted octanol–water partition coefficient (Wildman–Crippen LogP) is 2.51. The van der Waals surface area contributed by atoms with Crippen LogP contribution in [0.1, 0.15) is 53.9 Å². The first kappa shape index (κ1) is 17.7. The van der Waals surface area contributed by atoms with Gasteiger partial charge in [-0.2, -0.15) is 0 Å². The van der Waals surface area contributed by atoms with E-state index in [-0.39, 0.29) is 18.3 Å². The molecule has 0 amide bonds. The van der Waals surface area contributed by atoms with Gasteiger partial charge in [0.2, 0.25) is 0 Å². The summed E-state index contributed by atoms with van der Waals surface area (Å²) < 4.78 is 10.4. The molecule has 0 heterocycles. The van der Waals surface area contributed by atoms with E-state index in [0.29, 0.717) is 6.42 Å². The van der Waals surface area contributed by atoms with E-state index < -0.39 is 29.4 Å². The van der Waals surface area contributed by atoms with Gasteiger partial charge in [0, 0.05) is 5.92 Å². The Hall–Kier alpha value is -1.39. The first-order valence-corrected chi connectivity index (χ1v) is 7.64. The second-order valence-corrected chi connectivity index (χ2v) is 6.45. The zero-order valence-corrected chi connectivity index (χ0v) is 13.6. The zero-order chi connectivity index (χ0) is 16.2. The van der Waals surface area contributed by atoms with Gasteiger partial charge in [0.05, 0.1) is 12.5 Å². The van der Waals surface area contributed by atoms with E-state index >= 15 is 0 Å². The van der Waals surface area contributed by atoms with Gasteiger partial charge < -0.3 is 9.47 Å². The lowest BCUT2D eigenvalue weighted by Crippen LogP contribution is -2.40. The fourth-order valence-corrected chi connectivity index (χ4v) is 2.25. The lowest BCUT2D eigenvalue weighted by Gasteiger charge is -2.27. The molecule has 5 heteroatoms. The first-order valence-electron chi connectivity index (χ1n) is 7.64. The SMILES string of the molecule is CCOC(=O)C(C(=O)C1CC1)C(CC)C(=O)OC(C)(C)C. The van der Waals surface area contributed by atoms with Gasteiger partial charge in [-0.25, -0.2) is 0 Å². The van der Waals surface area contributed by atoms with Gasteiger partial charge in [-0.15, -0.1) is 0 Å². The second kappa shape index (κ2) is 7.05. The van der Waals surface area contributed by atoms with Crippen LogP contribution in [0.15, 0.2) is 0 Å². The van der Waals surface area contributed by atoms with Crippen LogP contribution in [-0.2, 0) is 23.9 Å². The molecule has 0 bridgehead atoms. The largest absolute Gasteiger partial charge is 0.465 e. The van der Waals surface area contributed by atoms with E-state index in [9.17, 15) is 14.4 Å². The number of hydrogen-bond acceptors (Lipinski definition) is 5. The number of hydrogen-bond donors (Lipinski definition) is 0. The monoisotopic (exact) mass is 298 g/mol. The summed E-state index contributed by atoms with van der Waals surface area (Å²) in [6, 6.07) is 0. The maximum absolute atomic E-state index is 12.4. The molecule has 2 atom stereocenters. The molecule has 0 N–H and O–H groups in total. The van der Waals surface area contributed by atoms with Crippen molar-refractivity contribution < 1.29 is 23.9 Å². The number of carbonyl (C=O) groups is 3. The highest BCUT2D eigenvalue weighted by Crippen LogP contribution is 2.36. The zero-order valence-electron chi connectivity index (χ0n) is 13.6. The van der Waals surface area contributed by atoms with Gasteiger partial charge >= 0.3 is 11.9 Å². The summed E-state index contributed by atoms with van der Waals surface area (Å²) >= 11 is 0. The summed E-state index contributed by atoms with van der Waals surface area (Å²) in [5.41, 5.74) is -0.646. The van der Waals surface area contributed by atoms with Crippen molar-refractivity contribution in [3.63, 3.8) is 0 Å². The van der Waals surface area contributed by atoms with Crippen LogP contribution in [0.5, 0.6) is 0 Å². The number of ketones is 1. The summed E-state index contributed by atoms with van der Waals surface area (Å²) in [4.78, 5) is 36.8. The molecule has 1 rings (SSSR count). The average molecular weight is 298 g/mol. The van der Waals surface area contributed by atoms with Crippen molar-refractivity contribution in [3.05, 3.63) is 0 Å². The third kappa shape index (κ3) is 5.14. The summed E-state index contributed by atoms with van der Waals surface area (Å²) in [5.74, 6) is -3.18. The predicted molar refractivity (Wildman–Crippen MR) is 77.5 cm³/mol. The van der Waals surface area contributed by atoms with Crippen molar-refractivity contribution in [2.24, 2.45) is 17.8 Å². The number of ether oxygens (including phenoxy) is 2. The van der Waals surface area contributed by atoms with E-state index in [1.807, 2.05) is 0 Å². The Bertz CT molecular complexity index is 403. The number of carbonyl (C=O) groups excluding carboxylic acids is 3. The summed E-state index contributed by atoms with van der Waals surface area (Å²) in [6.45, 7) is 8.95. The minimum absolute atomic E-state index is 0.101. The van der Waals surface area contributed by atoms with Gasteiger partial charge in [0.25, 0.3) is 0 Å². The Balaban J connectivity index is 2.94. The van der Waals surface area contributed by atoms with E-state index in [4.69, 9.17) is 9.47 Å². The Labute approximate surface area is 126 Å². The highest BCUT2D eigenvalue weighted by molar-refractivity contribution is 6.04. The smallest absolute Gasteiger partial charge is 0.317 e. The quantitative estimate of drug-likeness (QED) is 0.533. The molecule has 0 radical (unpaired) electrons. The standard InChI is InChI=1S/C16H26O5/c1-6-11(14(18)21-16(3,4)5)12(15(19)20-7-2)13(17)10-8-9-10/h10-12H,6-9H2,1-5H3. The minimum Gasteiger partial charge on any atom is -0.465 e. The molecular weight excluding hydrogens is 272 g/mol. The molecule has 120 valence electrons. The Morgan fingerprint density at radius 3 is 2.05 bits per heavy atom. The van der Waals surface area contributed by atoms with Crippen molar-refractivity contribution in [2.75, 3.05) is 6.61 Å². The van der Waals surface area contributed by atoms with Crippen molar-refractivity contribution in [1.29, 1.82) is 0 Å². The Morgan fingerprint density at radius 1 is 1.10 bits per heavy atom. The van der Waals surface area contributed by atoms with E-state index in [2.05, 4.69) is 0 Å². The molecule has 0 saturated heterocycles. The number of Topliss-reactive ketones (excluding diaryl/α,β-unsaturated/α-hetero) is 1. The van der Waals surface area contributed by atoms with Crippen molar-refractivity contribution in [2.45, 2.75) is 59.5 Å². The Morgan fingerprint density at radius 2 is 1.67 bits per heavy atom. The van der Waals surface area contributed by atoms with Crippen LogP contribution in [0.4, 0.5) is 0 Å². The maximum atomic E-state index is 12.4. The molecule has 1 fully saturated rings. The fourth-order valence-electron chi connectivity index (χ4n) is 2.25. The van der Waals surface area contributed by atoms with Gasteiger partial charge in [-0.1, -0.05) is 6.92 Å². The van der Waals surface area contributed by atoms with Crippen molar-refractivity contribution in [1.82, 2.24) is 0 Å². The van der Waals surface area contributed by atoms with Crippen LogP contribution in [-0.4, -0.2) is 29.9 Å². The molecule has 1 aliphatic rings. The summed E-state index contributed by atoms with van der Waals surface area (Å²) in [6.07, 6.45) is 1.95. The minimum atomic E-state index is -1.03. The van der Waals surface area contributed by atoms with Crippen LogP contribution in [0.2, 0.25) is 0 Å². The van der Waals surface area contributed by atoms with Gasteiger partial charge in [0.1, 0.15) is 11.5 Å². The lowest BCUT2D eigenvalue weighted by atomic mass is 9.84. The van der Waals surface area contributed by atoms with Crippen LogP contribution in [0.3, 0.4) is 0 Å². The topological polar surface area (TPSA) is 69.7 Å².